The van der Waals surface area contributed by atoms with Gasteiger partial charge in [0.05, 0.1) is 25.1 Å². The van der Waals surface area contributed by atoms with E-state index in [2.05, 4.69) is 20.4 Å². The highest BCUT2D eigenvalue weighted by Crippen LogP contribution is 2.21. The van der Waals surface area contributed by atoms with Crippen LogP contribution >= 0.6 is 0 Å². The number of hydrogen-bond donors (Lipinski definition) is 1. The lowest BCUT2D eigenvalue weighted by Crippen LogP contribution is -2.13. The van der Waals surface area contributed by atoms with Gasteiger partial charge in [0, 0.05) is 11.8 Å². The maximum atomic E-state index is 12.5. The topological polar surface area (TPSA) is 90.6 Å². The third-order valence-electron chi connectivity index (χ3n) is 4.00. The standard InChI is InChI=1S/C20H17N5O3/c1-13-7-8-14(11-21-13)28-19-10-9-18-22-17(12-25(18)24-19)23-20(26)15-5-3-4-6-16(15)27-2/h3-12H,1-2H3,(H,23,26). The molecular weight excluding hydrogens is 358 g/mol. The molecule has 8 heteroatoms. The molecule has 0 spiro atoms. The van der Waals surface area contributed by atoms with Gasteiger partial charge >= 0.3 is 0 Å². The monoisotopic (exact) mass is 375 g/mol. The number of aryl methyl sites for hydroxylation is 1. The SMILES string of the molecule is COc1ccccc1C(=O)Nc1cn2nc(Oc3ccc(C)nc3)ccc2n1. The van der Waals surface area contributed by atoms with Crippen LogP contribution in [0.1, 0.15) is 16.1 Å². The highest BCUT2D eigenvalue weighted by atomic mass is 16.5. The summed E-state index contributed by atoms with van der Waals surface area (Å²) in [5.74, 6) is 1.52. The number of pyridine rings is 1. The van der Waals surface area contributed by atoms with Crippen LogP contribution in [-0.2, 0) is 0 Å². The number of nitrogens with one attached hydrogen (secondary N) is 1. The number of fused-ring (bicyclic) bond motifs is 1. The summed E-state index contributed by atoms with van der Waals surface area (Å²) in [7, 11) is 1.52. The second-order valence-corrected chi connectivity index (χ2v) is 5.99. The predicted octanol–water partition coefficient (Wildman–Crippen LogP) is 3.49. The Morgan fingerprint density at radius 3 is 2.75 bits per heavy atom. The van der Waals surface area contributed by atoms with Gasteiger partial charge in [-0.25, -0.2) is 9.50 Å². The molecular formula is C20H17N5O3. The van der Waals surface area contributed by atoms with Crippen molar-refractivity contribution in [2.45, 2.75) is 6.92 Å². The van der Waals surface area contributed by atoms with E-state index < -0.39 is 0 Å². The van der Waals surface area contributed by atoms with Crippen LogP contribution in [0, 0.1) is 6.92 Å². The number of nitrogens with zero attached hydrogens (tertiary/aromatic N) is 4. The number of methoxy groups -OCH3 is 1. The van der Waals surface area contributed by atoms with Gasteiger partial charge in [0.15, 0.2) is 11.5 Å². The van der Waals surface area contributed by atoms with Gasteiger partial charge in [-0.2, -0.15) is 0 Å². The quantitative estimate of drug-likeness (QED) is 0.574. The number of amides is 1. The van der Waals surface area contributed by atoms with Gasteiger partial charge in [0.1, 0.15) is 11.5 Å². The van der Waals surface area contributed by atoms with Crippen LogP contribution in [0.15, 0.2) is 60.9 Å². The molecule has 1 aromatic carbocycles. The molecule has 1 N–H and O–H groups in total. The van der Waals surface area contributed by atoms with Crippen LogP contribution in [0.5, 0.6) is 17.4 Å². The van der Waals surface area contributed by atoms with Crippen molar-refractivity contribution in [3.8, 4) is 17.4 Å². The van der Waals surface area contributed by atoms with Gasteiger partial charge in [-0.05, 0) is 37.3 Å². The van der Waals surface area contributed by atoms with Crippen LogP contribution in [0.4, 0.5) is 5.82 Å². The summed E-state index contributed by atoms with van der Waals surface area (Å²) in [5, 5.41) is 7.11. The molecule has 3 aromatic heterocycles. The van der Waals surface area contributed by atoms with Gasteiger partial charge in [-0.15, -0.1) is 5.10 Å². The van der Waals surface area contributed by atoms with Crippen LogP contribution in [-0.4, -0.2) is 32.6 Å². The first kappa shape index (κ1) is 17.5. The summed E-state index contributed by atoms with van der Waals surface area (Å²) >= 11 is 0. The van der Waals surface area contributed by atoms with Crippen molar-refractivity contribution in [2.24, 2.45) is 0 Å². The van der Waals surface area contributed by atoms with E-state index in [4.69, 9.17) is 9.47 Å². The Bertz CT molecular complexity index is 1140. The minimum absolute atomic E-state index is 0.317. The molecule has 8 nitrogen and oxygen atoms in total. The minimum Gasteiger partial charge on any atom is -0.496 e. The lowest BCUT2D eigenvalue weighted by molar-refractivity contribution is 0.102. The number of aromatic nitrogens is 4. The van der Waals surface area contributed by atoms with Crippen molar-refractivity contribution in [3.05, 3.63) is 72.2 Å². The molecule has 0 aliphatic rings. The number of carbonyl (C=O) groups excluding carboxylic acids is 1. The molecule has 4 rings (SSSR count). The Morgan fingerprint density at radius 2 is 1.96 bits per heavy atom. The first-order valence-electron chi connectivity index (χ1n) is 8.54. The maximum Gasteiger partial charge on any atom is 0.260 e. The first-order chi connectivity index (χ1) is 13.6. The molecule has 28 heavy (non-hydrogen) atoms. The number of para-hydroxylation sites is 1. The number of anilines is 1. The van der Waals surface area contributed by atoms with Crippen LogP contribution < -0.4 is 14.8 Å². The minimum atomic E-state index is -0.317. The third kappa shape index (κ3) is 3.61. The van der Waals surface area contributed by atoms with E-state index >= 15 is 0 Å². The Balaban J connectivity index is 1.54. The Hall–Kier alpha value is -3.94. The molecule has 0 radical (unpaired) electrons. The van der Waals surface area contributed by atoms with E-state index in [1.54, 1.807) is 48.8 Å². The molecule has 4 aromatic rings. The fourth-order valence-corrected chi connectivity index (χ4v) is 2.63. The van der Waals surface area contributed by atoms with Gasteiger partial charge in [0.2, 0.25) is 5.88 Å². The summed E-state index contributed by atoms with van der Waals surface area (Å²) in [6, 6.07) is 14.1. The molecule has 3 heterocycles. The van der Waals surface area contributed by atoms with Gasteiger partial charge in [-0.3, -0.25) is 9.78 Å². The van der Waals surface area contributed by atoms with Crippen LogP contribution in [0.3, 0.4) is 0 Å². The van der Waals surface area contributed by atoms with Crippen LogP contribution in [0.2, 0.25) is 0 Å². The van der Waals surface area contributed by atoms with Gasteiger partial charge in [0.25, 0.3) is 5.91 Å². The highest BCUT2D eigenvalue weighted by Gasteiger charge is 2.14. The predicted molar refractivity (Wildman–Crippen MR) is 103 cm³/mol. The zero-order valence-corrected chi connectivity index (χ0v) is 15.3. The van der Waals surface area contributed by atoms with E-state index in [0.29, 0.717) is 34.4 Å². The maximum absolute atomic E-state index is 12.5. The number of hydrogen-bond acceptors (Lipinski definition) is 6. The lowest BCUT2D eigenvalue weighted by Gasteiger charge is -2.06. The molecule has 0 unspecified atom stereocenters. The molecule has 140 valence electrons. The van der Waals surface area contributed by atoms with Gasteiger partial charge < -0.3 is 14.8 Å². The van der Waals surface area contributed by atoms with Crippen molar-refractivity contribution >= 4 is 17.4 Å². The fourth-order valence-electron chi connectivity index (χ4n) is 2.63. The van der Waals surface area contributed by atoms with Crippen LogP contribution in [0.25, 0.3) is 5.65 Å². The number of benzene rings is 1. The number of carbonyl (C=O) groups is 1. The summed E-state index contributed by atoms with van der Waals surface area (Å²) in [6.07, 6.45) is 3.25. The van der Waals surface area contributed by atoms with E-state index in [-0.39, 0.29) is 5.91 Å². The first-order valence-corrected chi connectivity index (χ1v) is 8.54. The van der Waals surface area contributed by atoms with Crippen molar-refractivity contribution in [2.75, 3.05) is 12.4 Å². The zero-order chi connectivity index (χ0) is 19.5. The Morgan fingerprint density at radius 1 is 1.11 bits per heavy atom. The smallest absolute Gasteiger partial charge is 0.260 e. The normalized spacial score (nSPS) is 10.6. The molecule has 0 fully saturated rings. The Labute approximate surface area is 160 Å². The Kier molecular flexibility index (Phi) is 4.59. The molecule has 0 aliphatic carbocycles. The fraction of sp³-hybridized carbons (Fsp3) is 0.100. The van der Waals surface area contributed by atoms with E-state index in [1.807, 2.05) is 19.1 Å². The average molecular weight is 375 g/mol. The van der Waals surface area contributed by atoms with E-state index in [9.17, 15) is 4.79 Å². The second-order valence-electron chi connectivity index (χ2n) is 5.99. The largest absolute Gasteiger partial charge is 0.496 e. The van der Waals surface area contributed by atoms with Gasteiger partial charge in [-0.1, -0.05) is 12.1 Å². The second kappa shape index (κ2) is 7.36. The molecule has 0 bridgehead atoms. The number of imidazole rings is 1. The number of rotatable bonds is 5. The molecule has 0 atom stereocenters. The summed E-state index contributed by atoms with van der Waals surface area (Å²) in [4.78, 5) is 21.1. The van der Waals surface area contributed by atoms with E-state index in [0.717, 1.165) is 5.69 Å². The zero-order valence-electron chi connectivity index (χ0n) is 15.3. The summed E-state index contributed by atoms with van der Waals surface area (Å²) < 4.78 is 12.5. The van der Waals surface area contributed by atoms with Crippen molar-refractivity contribution in [1.29, 1.82) is 0 Å². The highest BCUT2D eigenvalue weighted by molar-refractivity contribution is 6.05. The van der Waals surface area contributed by atoms with Crippen molar-refractivity contribution in [3.63, 3.8) is 0 Å². The molecule has 0 saturated carbocycles. The molecule has 0 saturated heterocycles. The van der Waals surface area contributed by atoms with Crippen molar-refractivity contribution < 1.29 is 14.3 Å². The number of ether oxygens (including phenoxy) is 2. The molecule has 0 aliphatic heterocycles. The summed E-state index contributed by atoms with van der Waals surface area (Å²) in [5.41, 5.74) is 1.90. The molecule has 1 amide bonds. The van der Waals surface area contributed by atoms with Crippen molar-refractivity contribution in [1.82, 2.24) is 19.6 Å². The van der Waals surface area contributed by atoms with E-state index in [1.165, 1.54) is 11.6 Å². The third-order valence-corrected chi connectivity index (χ3v) is 4.00. The summed E-state index contributed by atoms with van der Waals surface area (Å²) in [6.45, 7) is 1.90. The lowest BCUT2D eigenvalue weighted by atomic mass is 10.2. The average Bonchev–Trinajstić information content (AvgIpc) is 3.11.